The molecular weight excluding hydrogens is 381 g/mol. The molecule has 0 N–H and O–H groups in total. The fraction of sp³-hybridized carbons (Fsp3) is 0.333. The van der Waals surface area contributed by atoms with E-state index < -0.39 is 11.6 Å². The third kappa shape index (κ3) is 4.45. The highest BCUT2D eigenvalue weighted by molar-refractivity contribution is 5.64. The number of hydrogen-bond acceptors (Lipinski definition) is 0. The highest BCUT2D eigenvalue weighted by Crippen LogP contribution is 2.38. The largest absolute Gasteiger partial charge is 0.207 e. The zero-order valence-corrected chi connectivity index (χ0v) is 17.3. The van der Waals surface area contributed by atoms with Gasteiger partial charge in [0.05, 0.1) is 0 Å². The fourth-order valence-electron chi connectivity index (χ4n) is 4.63. The smallest absolute Gasteiger partial charge is 0.166 e. The Morgan fingerprint density at radius 1 is 0.800 bits per heavy atom. The van der Waals surface area contributed by atoms with Gasteiger partial charge >= 0.3 is 0 Å². The van der Waals surface area contributed by atoms with Crippen molar-refractivity contribution in [2.24, 2.45) is 5.92 Å². The Hall–Kier alpha value is -2.55. The number of benzene rings is 3. The van der Waals surface area contributed by atoms with E-state index in [-0.39, 0.29) is 5.82 Å². The van der Waals surface area contributed by atoms with Crippen molar-refractivity contribution in [2.75, 3.05) is 0 Å². The van der Waals surface area contributed by atoms with Crippen LogP contribution in [-0.4, -0.2) is 0 Å². The van der Waals surface area contributed by atoms with Gasteiger partial charge in [-0.1, -0.05) is 54.6 Å². The monoisotopic (exact) mass is 408 g/mol. The molecule has 0 radical (unpaired) electrons. The third-order valence-corrected chi connectivity index (χ3v) is 6.58. The fourth-order valence-corrected chi connectivity index (χ4v) is 4.63. The second-order valence-electron chi connectivity index (χ2n) is 8.53. The van der Waals surface area contributed by atoms with Gasteiger partial charge in [-0.25, -0.2) is 13.2 Å². The second-order valence-corrected chi connectivity index (χ2v) is 8.53. The molecule has 4 rings (SSSR count). The van der Waals surface area contributed by atoms with Crippen molar-refractivity contribution >= 4 is 0 Å². The maximum absolute atomic E-state index is 14.6. The summed E-state index contributed by atoms with van der Waals surface area (Å²) in [5, 5.41) is 0. The molecule has 0 unspecified atom stereocenters. The number of halogens is 3. The highest BCUT2D eigenvalue weighted by atomic mass is 19.2. The zero-order chi connectivity index (χ0) is 21.1. The average Bonchev–Trinajstić information content (AvgIpc) is 2.78. The van der Waals surface area contributed by atoms with Crippen molar-refractivity contribution in [3.63, 3.8) is 0 Å². The molecule has 156 valence electrons. The topological polar surface area (TPSA) is 0 Å². The van der Waals surface area contributed by atoms with Crippen molar-refractivity contribution in [1.82, 2.24) is 0 Å². The SMILES string of the molecule is Cc1ccc(C2CCC(CCc3ccc(-c4ccccc4)c(F)c3F)CC2)cc1F. The Morgan fingerprint density at radius 3 is 2.23 bits per heavy atom. The molecule has 30 heavy (non-hydrogen) atoms. The van der Waals surface area contributed by atoms with Crippen LogP contribution in [0, 0.1) is 30.3 Å². The van der Waals surface area contributed by atoms with Crippen LogP contribution in [-0.2, 0) is 6.42 Å². The van der Waals surface area contributed by atoms with Crippen LogP contribution >= 0.6 is 0 Å². The molecule has 0 spiro atoms. The van der Waals surface area contributed by atoms with Gasteiger partial charge in [0.25, 0.3) is 0 Å². The van der Waals surface area contributed by atoms with E-state index >= 15 is 0 Å². The lowest BCUT2D eigenvalue weighted by atomic mass is 9.76. The Balaban J connectivity index is 1.35. The predicted molar refractivity (Wildman–Crippen MR) is 116 cm³/mol. The molecule has 3 aromatic rings. The van der Waals surface area contributed by atoms with E-state index in [9.17, 15) is 13.2 Å². The molecule has 1 fully saturated rings. The first-order valence-corrected chi connectivity index (χ1v) is 10.8. The minimum absolute atomic E-state index is 0.133. The Kier molecular flexibility index (Phi) is 6.26. The van der Waals surface area contributed by atoms with Gasteiger partial charge in [0.2, 0.25) is 0 Å². The van der Waals surface area contributed by atoms with Gasteiger partial charge in [0, 0.05) is 5.56 Å². The molecule has 0 aromatic heterocycles. The molecule has 0 saturated heterocycles. The Labute approximate surface area is 176 Å². The Bertz CT molecular complexity index is 1000. The molecular formula is C27H27F3. The van der Waals surface area contributed by atoms with Gasteiger partial charge < -0.3 is 0 Å². The molecule has 0 aliphatic heterocycles. The lowest BCUT2D eigenvalue weighted by Gasteiger charge is -2.29. The van der Waals surface area contributed by atoms with Crippen LogP contribution < -0.4 is 0 Å². The normalized spacial score (nSPS) is 19.1. The molecule has 0 atom stereocenters. The minimum atomic E-state index is -0.760. The quantitative estimate of drug-likeness (QED) is 0.401. The molecule has 3 heteroatoms. The summed E-state index contributed by atoms with van der Waals surface area (Å²) in [6, 6.07) is 18.1. The molecule has 1 aliphatic carbocycles. The summed E-state index contributed by atoms with van der Waals surface area (Å²) in [6.45, 7) is 1.78. The van der Waals surface area contributed by atoms with Gasteiger partial charge in [0.15, 0.2) is 11.6 Å². The molecule has 1 aliphatic rings. The van der Waals surface area contributed by atoms with Crippen LogP contribution in [0.1, 0.15) is 54.7 Å². The lowest BCUT2D eigenvalue weighted by molar-refractivity contribution is 0.309. The molecule has 0 bridgehead atoms. The molecule has 0 amide bonds. The maximum atomic E-state index is 14.6. The maximum Gasteiger partial charge on any atom is 0.166 e. The zero-order valence-electron chi connectivity index (χ0n) is 17.3. The van der Waals surface area contributed by atoms with Crippen LogP contribution in [0.5, 0.6) is 0 Å². The van der Waals surface area contributed by atoms with Gasteiger partial charge in [-0.3, -0.25) is 0 Å². The van der Waals surface area contributed by atoms with Crippen LogP contribution in [0.3, 0.4) is 0 Å². The molecule has 0 heterocycles. The first kappa shape index (κ1) is 20.7. The summed E-state index contributed by atoms with van der Waals surface area (Å²) in [6.07, 6.45) is 5.55. The van der Waals surface area contributed by atoms with E-state index in [2.05, 4.69) is 0 Å². The van der Waals surface area contributed by atoms with Gasteiger partial charge in [0.1, 0.15) is 5.82 Å². The highest BCUT2D eigenvalue weighted by Gasteiger charge is 2.23. The number of aryl methyl sites for hydroxylation is 2. The van der Waals surface area contributed by atoms with E-state index in [1.54, 1.807) is 37.3 Å². The first-order valence-electron chi connectivity index (χ1n) is 10.8. The standard InChI is InChI=1S/C27H27F3/c1-18-7-11-23(17-25(18)28)20-12-8-19(9-13-20)10-14-22-15-16-24(27(30)26(22)29)21-5-3-2-4-6-21/h2-7,11,15-17,19-20H,8-10,12-14H2,1H3. The summed E-state index contributed by atoms with van der Waals surface area (Å²) < 4.78 is 43.1. The van der Waals surface area contributed by atoms with Gasteiger partial charge in [-0.05, 0) is 85.6 Å². The summed E-state index contributed by atoms with van der Waals surface area (Å²) in [7, 11) is 0. The third-order valence-electron chi connectivity index (χ3n) is 6.58. The Morgan fingerprint density at radius 2 is 1.53 bits per heavy atom. The summed E-state index contributed by atoms with van der Waals surface area (Å²) in [5.41, 5.74) is 3.21. The minimum Gasteiger partial charge on any atom is -0.207 e. The van der Waals surface area contributed by atoms with Crippen LogP contribution in [0.2, 0.25) is 0 Å². The molecule has 3 aromatic carbocycles. The second kappa shape index (κ2) is 9.07. The van der Waals surface area contributed by atoms with Crippen molar-refractivity contribution in [3.05, 3.63) is 94.8 Å². The van der Waals surface area contributed by atoms with E-state index in [1.165, 1.54) is 0 Å². The van der Waals surface area contributed by atoms with Crippen LogP contribution in [0.4, 0.5) is 13.2 Å². The molecule has 0 nitrogen and oxygen atoms in total. The number of rotatable bonds is 5. The van der Waals surface area contributed by atoms with Crippen molar-refractivity contribution < 1.29 is 13.2 Å². The van der Waals surface area contributed by atoms with E-state index in [1.807, 2.05) is 30.3 Å². The lowest BCUT2D eigenvalue weighted by Crippen LogP contribution is -2.14. The van der Waals surface area contributed by atoms with Crippen molar-refractivity contribution in [1.29, 1.82) is 0 Å². The predicted octanol–water partition coefficient (Wildman–Crippen LogP) is 7.99. The summed E-state index contributed by atoms with van der Waals surface area (Å²) >= 11 is 0. The summed E-state index contributed by atoms with van der Waals surface area (Å²) in [5.74, 6) is -0.710. The van der Waals surface area contributed by atoms with Gasteiger partial charge in [-0.2, -0.15) is 0 Å². The first-order chi connectivity index (χ1) is 14.5. The number of hydrogen-bond donors (Lipinski definition) is 0. The average molecular weight is 409 g/mol. The summed E-state index contributed by atoms with van der Waals surface area (Å²) in [4.78, 5) is 0. The van der Waals surface area contributed by atoms with E-state index in [0.717, 1.165) is 37.7 Å². The van der Waals surface area contributed by atoms with Gasteiger partial charge in [-0.15, -0.1) is 0 Å². The van der Waals surface area contributed by atoms with E-state index in [4.69, 9.17) is 0 Å². The molecule has 1 saturated carbocycles. The van der Waals surface area contributed by atoms with Crippen molar-refractivity contribution in [3.8, 4) is 11.1 Å². The van der Waals surface area contributed by atoms with Crippen LogP contribution in [0.25, 0.3) is 11.1 Å². The van der Waals surface area contributed by atoms with E-state index in [0.29, 0.717) is 40.5 Å². The van der Waals surface area contributed by atoms with Crippen molar-refractivity contribution in [2.45, 2.75) is 51.4 Å². The van der Waals surface area contributed by atoms with Crippen LogP contribution in [0.15, 0.2) is 60.7 Å².